The standard InChI is InChI=1S/C15H29N3O2/c1-5-20-14(19)15(3,16-13-6-7-13)11-18-9-8-17(4)10-12(18)2/h12-13,16H,5-11H2,1-4H3. The molecule has 5 heteroatoms. The van der Waals surface area contributed by atoms with Crippen molar-refractivity contribution in [1.29, 1.82) is 0 Å². The first kappa shape index (κ1) is 15.7. The molecule has 2 unspecified atom stereocenters. The average Bonchev–Trinajstić information content (AvgIpc) is 3.17. The number of nitrogens with zero attached hydrogens (tertiary/aromatic N) is 2. The summed E-state index contributed by atoms with van der Waals surface area (Å²) in [6.07, 6.45) is 2.35. The quantitative estimate of drug-likeness (QED) is 0.727. The molecule has 0 amide bonds. The second kappa shape index (κ2) is 6.41. The Morgan fingerprint density at radius 1 is 1.40 bits per heavy atom. The van der Waals surface area contributed by atoms with Gasteiger partial charge in [0, 0.05) is 38.3 Å². The lowest BCUT2D eigenvalue weighted by Crippen LogP contribution is -2.62. The molecule has 20 heavy (non-hydrogen) atoms. The lowest BCUT2D eigenvalue weighted by Gasteiger charge is -2.42. The topological polar surface area (TPSA) is 44.8 Å². The predicted molar refractivity (Wildman–Crippen MR) is 79.7 cm³/mol. The van der Waals surface area contributed by atoms with Gasteiger partial charge in [0.05, 0.1) is 6.61 Å². The predicted octanol–water partition coefficient (Wildman–Crippen LogP) is 0.696. The van der Waals surface area contributed by atoms with Crippen molar-refractivity contribution in [3.05, 3.63) is 0 Å². The van der Waals surface area contributed by atoms with Gasteiger partial charge in [0.1, 0.15) is 5.54 Å². The Balaban J connectivity index is 2.00. The third-order valence-electron chi connectivity index (χ3n) is 4.31. The number of hydrogen-bond acceptors (Lipinski definition) is 5. The summed E-state index contributed by atoms with van der Waals surface area (Å²) in [5.41, 5.74) is -0.582. The van der Waals surface area contributed by atoms with E-state index in [2.05, 4.69) is 29.1 Å². The van der Waals surface area contributed by atoms with E-state index < -0.39 is 5.54 Å². The molecule has 1 saturated heterocycles. The smallest absolute Gasteiger partial charge is 0.327 e. The first-order valence-electron chi connectivity index (χ1n) is 7.82. The molecule has 0 radical (unpaired) electrons. The highest BCUT2D eigenvalue weighted by Crippen LogP contribution is 2.24. The van der Waals surface area contributed by atoms with E-state index in [0.29, 0.717) is 18.7 Å². The van der Waals surface area contributed by atoms with Gasteiger partial charge in [0.2, 0.25) is 0 Å². The molecule has 2 aliphatic rings. The number of hydrogen-bond donors (Lipinski definition) is 1. The Kier molecular flexibility index (Phi) is 5.04. The van der Waals surface area contributed by atoms with Crippen LogP contribution in [0.3, 0.4) is 0 Å². The van der Waals surface area contributed by atoms with E-state index in [0.717, 1.165) is 26.2 Å². The fourth-order valence-electron chi connectivity index (χ4n) is 2.96. The molecule has 1 N–H and O–H groups in total. The van der Waals surface area contributed by atoms with Crippen LogP contribution in [-0.2, 0) is 9.53 Å². The molecule has 116 valence electrons. The van der Waals surface area contributed by atoms with Crippen molar-refractivity contribution in [3.63, 3.8) is 0 Å². The van der Waals surface area contributed by atoms with E-state index in [1.54, 1.807) is 0 Å². The Morgan fingerprint density at radius 3 is 2.65 bits per heavy atom. The molecule has 0 aromatic heterocycles. The second-order valence-corrected chi connectivity index (χ2v) is 6.55. The molecule has 1 saturated carbocycles. The molecule has 2 rings (SSSR count). The van der Waals surface area contributed by atoms with E-state index >= 15 is 0 Å². The lowest BCUT2D eigenvalue weighted by molar-refractivity contribution is -0.152. The summed E-state index contributed by atoms with van der Waals surface area (Å²) >= 11 is 0. The zero-order chi connectivity index (χ0) is 14.8. The van der Waals surface area contributed by atoms with Crippen molar-refractivity contribution in [2.45, 2.75) is 51.2 Å². The van der Waals surface area contributed by atoms with Crippen molar-refractivity contribution in [2.75, 3.05) is 39.8 Å². The van der Waals surface area contributed by atoms with Gasteiger partial charge in [-0.1, -0.05) is 0 Å². The number of ether oxygens (including phenoxy) is 1. The molecule has 0 spiro atoms. The molecule has 0 bridgehead atoms. The highest BCUT2D eigenvalue weighted by Gasteiger charge is 2.42. The molecule has 1 aliphatic carbocycles. The van der Waals surface area contributed by atoms with Gasteiger partial charge in [-0.15, -0.1) is 0 Å². The third kappa shape index (κ3) is 3.93. The van der Waals surface area contributed by atoms with Gasteiger partial charge in [-0.2, -0.15) is 0 Å². The molecule has 2 atom stereocenters. The minimum Gasteiger partial charge on any atom is -0.465 e. The maximum Gasteiger partial charge on any atom is 0.327 e. The van der Waals surface area contributed by atoms with Crippen LogP contribution in [0, 0.1) is 0 Å². The van der Waals surface area contributed by atoms with Gasteiger partial charge >= 0.3 is 5.97 Å². The maximum absolute atomic E-state index is 12.4. The second-order valence-electron chi connectivity index (χ2n) is 6.55. The Bertz CT molecular complexity index is 346. The van der Waals surface area contributed by atoms with Crippen LogP contribution >= 0.6 is 0 Å². The number of esters is 1. The summed E-state index contributed by atoms with van der Waals surface area (Å²) in [7, 11) is 2.15. The minimum absolute atomic E-state index is 0.113. The van der Waals surface area contributed by atoms with Crippen LogP contribution in [0.15, 0.2) is 0 Å². The van der Waals surface area contributed by atoms with Crippen LogP contribution in [0.5, 0.6) is 0 Å². The molecule has 0 aromatic rings. The van der Waals surface area contributed by atoms with Crippen LogP contribution in [0.1, 0.15) is 33.6 Å². The van der Waals surface area contributed by atoms with Gasteiger partial charge in [-0.25, -0.2) is 0 Å². The fraction of sp³-hybridized carbons (Fsp3) is 0.933. The zero-order valence-electron chi connectivity index (χ0n) is 13.3. The number of rotatable bonds is 6. The van der Waals surface area contributed by atoms with Crippen LogP contribution in [0.25, 0.3) is 0 Å². The molecule has 2 fully saturated rings. The Labute approximate surface area is 122 Å². The fourth-order valence-corrected chi connectivity index (χ4v) is 2.96. The normalized spacial score (nSPS) is 28.1. The van der Waals surface area contributed by atoms with Crippen molar-refractivity contribution in [3.8, 4) is 0 Å². The van der Waals surface area contributed by atoms with Crippen LogP contribution < -0.4 is 5.32 Å². The SMILES string of the molecule is CCOC(=O)C(C)(CN1CCN(C)CC1C)NC1CC1. The van der Waals surface area contributed by atoms with Crippen molar-refractivity contribution < 1.29 is 9.53 Å². The number of piperazine rings is 1. The first-order valence-corrected chi connectivity index (χ1v) is 7.82. The van der Waals surface area contributed by atoms with Crippen LogP contribution in [0.4, 0.5) is 0 Å². The largest absolute Gasteiger partial charge is 0.465 e. The lowest BCUT2D eigenvalue weighted by atomic mass is 9.99. The summed E-state index contributed by atoms with van der Waals surface area (Å²) in [6, 6.07) is 0.968. The van der Waals surface area contributed by atoms with Crippen LogP contribution in [0.2, 0.25) is 0 Å². The number of carbonyl (C=O) groups is 1. The van der Waals surface area contributed by atoms with Gasteiger partial charge in [-0.3, -0.25) is 15.0 Å². The van der Waals surface area contributed by atoms with Crippen LogP contribution in [-0.4, -0.2) is 73.2 Å². The zero-order valence-corrected chi connectivity index (χ0v) is 13.3. The van der Waals surface area contributed by atoms with Gasteiger partial charge < -0.3 is 9.64 Å². The van der Waals surface area contributed by atoms with Crippen molar-refractivity contribution in [2.24, 2.45) is 0 Å². The van der Waals surface area contributed by atoms with E-state index in [-0.39, 0.29) is 5.97 Å². The van der Waals surface area contributed by atoms with E-state index in [4.69, 9.17) is 4.74 Å². The Hall–Kier alpha value is -0.650. The summed E-state index contributed by atoms with van der Waals surface area (Å²) in [5, 5.41) is 3.50. The van der Waals surface area contributed by atoms with E-state index in [1.165, 1.54) is 12.8 Å². The molecular formula is C15H29N3O2. The number of nitrogens with one attached hydrogen (secondary N) is 1. The van der Waals surface area contributed by atoms with E-state index in [9.17, 15) is 4.79 Å². The molecule has 1 heterocycles. The van der Waals surface area contributed by atoms with Gasteiger partial charge in [0.25, 0.3) is 0 Å². The van der Waals surface area contributed by atoms with Gasteiger partial charge in [-0.05, 0) is 40.7 Å². The number of likely N-dealkylation sites (N-methyl/N-ethyl adjacent to an activating group) is 1. The van der Waals surface area contributed by atoms with Crippen molar-refractivity contribution in [1.82, 2.24) is 15.1 Å². The van der Waals surface area contributed by atoms with Crippen molar-refractivity contribution >= 4 is 5.97 Å². The molecule has 1 aliphatic heterocycles. The molecule has 0 aromatic carbocycles. The minimum atomic E-state index is -0.582. The maximum atomic E-state index is 12.4. The summed E-state index contributed by atoms with van der Waals surface area (Å²) in [5.74, 6) is -0.113. The monoisotopic (exact) mass is 283 g/mol. The summed E-state index contributed by atoms with van der Waals surface area (Å²) in [6.45, 7) is 10.4. The highest BCUT2D eigenvalue weighted by atomic mass is 16.5. The molecule has 5 nitrogen and oxygen atoms in total. The average molecular weight is 283 g/mol. The first-order chi connectivity index (χ1) is 9.44. The summed E-state index contributed by atoms with van der Waals surface area (Å²) in [4.78, 5) is 17.1. The van der Waals surface area contributed by atoms with Gasteiger partial charge in [0.15, 0.2) is 0 Å². The third-order valence-corrected chi connectivity index (χ3v) is 4.31. The molecular weight excluding hydrogens is 254 g/mol. The van der Waals surface area contributed by atoms with E-state index in [1.807, 2.05) is 13.8 Å². The number of carbonyl (C=O) groups excluding carboxylic acids is 1. The Morgan fingerprint density at radius 2 is 2.10 bits per heavy atom. The highest BCUT2D eigenvalue weighted by molar-refractivity contribution is 5.80. The summed E-state index contributed by atoms with van der Waals surface area (Å²) < 4.78 is 5.30.